The highest BCUT2D eigenvalue weighted by Crippen LogP contribution is 2.36. The Labute approximate surface area is 161 Å². The molecule has 5 aromatic carbocycles. The van der Waals surface area contributed by atoms with E-state index in [0.29, 0.717) is 5.56 Å². The van der Waals surface area contributed by atoms with E-state index in [1.54, 1.807) is 11.8 Å². The summed E-state index contributed by atoms with van der Waals surface area (Å²) in [5, 5.41) is 10.1. The van der Waals surface area contributed by atoms with Crippen molar-refractivity contribution in [1.82, 2.24) is 0 Å². The number of carbonyl (C=O) groups is 1. The molecule has 0 spiro atoms. The highest BCUT2D eigenvalue weighted by molar-refractivity contribution is 7.98. The molecule has 130 valence electrons. The number of anilines is 1. The van der Waals surface area contributed by atoms with Gasteiger partial charge in [0.05, 0.1) is 5.69 Å². The van der Waals surface area contributed by atoms with Crippen molar-refractivity contribution >= 4 is 55.7 Å². The van der Waals surface area contributed by atoms with Gasteiger partial charge in [0.25, 0.3) is 5.91 Å². The first kappa shape index (κ1) is 16.2. The normalized spacial score (nSPS) is 11.4. The fourth-order valence-corrected chi connectivity index (χ4v) is 4.42. The summed E-state index contributed by atoms with van der Waals surface area (Å²) in [6.07, 6.45) is 2.02. The molecule has 0 heterocycles. The monoisotopic (exact) mass is 367 g/mol. The van der Waals surface area contributed by atoms with E-state index < -0.39 is 0 Å². The van der Waals surface area contributed by atoms with Gasteiger partial charge in [0.15, 0.2) is 0 Å². The van der Waals surface area contributed by atoms with Crippen molar-refractivity contribution in [3.63, 3.8) is 0 Å². The Morgan fingerprint density at radius 3 is 2.19 bits per heavy atom. The largest absolute Gasteiger partial charge is 0.321 e. The van der Waals surface area contributed by atoms with Crippen molar-refractivity contribution in [3.05, 3.63) is 84.4 Å². The molecule has 1 amide bonds. The summed E-state index contributed by atoms with van der Waals surface area (Å²) in [4.78, 5) is 14.2. The lowest BCUT2D eigenvalue weighted by Crippen LogP contribution is -2.13. The van der Waals surface area contributed by atoms with Crippen LogP contribution in [0.3, 0.4) is 0 Å². The van der Waals surface area contributed by atoms with Crippen LogP contribution in [0.4, 0.5) is 5.69 Å². The molecule has 0 saturated heterocycles. The molecule has 3 heteroatoms. The molecule has 0 aliphatic rings. The maximum atomic E-state index is 13.1. The molecule has 0 radical (unpaired) electrons. The Bertz CT molecular complexity index is 1290. The third kappa shape index (κ3) is 2.54. The summed E-state index contributed by atoms with van der Waals surface area (Å²) in [6.45, 7) is 0. The standard InChI is InChI=1S/C24H17NOS/c1-27-21-8-3-2-7-20(21)25-24(26)19-14-12-17-10-9-15-5-4-6-16-11-13-18(19)23(17)22(15)16/h2-14H,1H3,(H,25,26). The molecule has 0 bridgehead atoms. The smallest absolute Gasteiger partial charge is 0.256 e. The highest BCUT2D eigenvalue weighted by atomic mass is 32.2. The number of thioether (sulfide) groups is 1. The maximum absolute atomic E-state index is 13.1. The van der Waals surface area contributed by atoms with Gasteiger partial charge < -0.3 is 5.32 Å². The Balaban J connectivity index is 1.70. The minimum atomic E-state index is -0.0746. The van der Waals surface area contributed by atoms with Crippen LogP contribution < -0.4 is 5.32 Å². The first-order valence-electron chi connectivity index (χ1n) is 8.87. The number of nitrogens with one attached hydrogen (secondary N) is 1. The third-order valence-corrected chi connectivity index (χ3v) is 5.92. The van der Waals surface area contributed by atoms with Crippen LogP contribution in [-0.2, 0) is 0 Å². The van der Waals surface area contributed by atoms with Gasteiger partial charge in [-0.1, -0.05) is 60.7 Å². The van der Waals surface area contributed by atoms with E-state index in [1.807, 2.05) is 42.7 Å². The lowest BCUT2D eigenvalue weighted by Gasteiger charge is -2.14. The van der Waals surface area contributed by atoms with E-state index in [9.17, 15) is 4.79 Å². The molecule has 0 unspecified atom stereocenters. The maximum Gasteiger partial charge on any atom is 0.256 e. The van der Waals surface area contributed by atoms with E-state index in [-0.39, 0.29) is 5.91 Å². The number of para-hydroxylation sites is 1. The van der Waals surface area contributed by atoms with E-state index in [1.165, 1.54) is 16.2 Å². The molecule has 27 heavy (non-hydrogen) atoms. The molecular weight excluding hydrogens is 350 g/mol. The highest BCUT2D eigenvalue weighted by Gasteiger charge is 2.15. The zero-order valence-corrected chi connectivity index (χ0v) is 15.6. The number of carbonyl (C=O) groups excluding carboxylic acids is 1. The van der Waals surface area contributed by atoms with Crippen molar-refractivity contribution in [2.24, 2.45) is 0 Å². The third-order valence-electron chi connectivity index (χ3n) is 5.13. The lowest BCUT2D eigenvalue weighted by atomic mass is 9.92. The Morgan fingerprint density at radius 2 is 1.41 bits per heavy atom. The topological polar surface area (TPSA) is 29.1 Å². The van der Waals surface area contributed by atoms with Crippen LogP contribution in [0.2, 0.25) is 0 Å². The molecule has 0 atom stereocenters. The molecule has 0 saturated carbocycles. The number of amides is 1. The van der Waals surface area contributed by atoms with Crippen molar-refractivity contribution in [3.8, 4) is 0 Å². The summed E-state index contributed by atoms with van der Waals surface area (Å²) in [5.41, 5.74) is 1.55. The molecular formula is C24H17NOS. The van der Waals surface area contributed by atoms with Gasteiger partial charge in [-0.3, -0.25) is 4.79 Å². The van der Waals surface area contributed by atoms with Crippen molar-refractivity contribution < 1.29 is 4.79 Å². The van der Waals surface area contributed by atoms with E-state index in [0.717, 1.165) is 26.7 Å². The molecule has 2 nitrogen and oxygen atoms in total. The van der Waals surface area contributed by atoms with Crippen LogP contribution in [0.15, 0.2) is 83.8 Å². The fourth-order valence-electron chi connectivity index (χ4n) is 3.87. The van der Waals surface area contributed by atoms with Crippen LogP contribution in [0.5, 0.6) is 0 Å². The lowest BCUT2D eigenvalue weighted by molar-refractivity contribution is 0.102. The van der Waals surface area contributed by atoms with Crippen molar-refractivity contribution in [1.29, 1.82) is 0 Å². The first-order chi connectivity index (χ1) is 13.3. The summed E-state index contributed by atoms with van der Waals surface area (Å²) in [6, 6.07) is 26.7. The van der Waals surface area contributed by atoms with E-state index >= 15 is 0 Å². The zero-order chi connectivity index (χ0) is 18.4. The summed E-state index contributed by atoms with van der Waals surface area (Å²) < 4.78 is 0. The second kappa shape index (κ2) is 6.29. The molecule has 0 fully saturated rings. The molecule has 0 aliphatic carbocycles. The minimum absolute atomic E-state index is 0.0746. The van der Waals surface area contributed by atoms with Crippen LogP contribution in [-0.4, -0.2) is 12.2 Å². The number of hydrogen-bond acceptors (Lipinski definition) is 2. The van der Waals surface area contributed by atoms with Gasteiger partial charge in [0, 0.05) is 10.5 Å². The van der Waals surface area contributed by atoms with Gasteiger partial charge >= 0.3 is 0 Å². The van der Waals surface area contributed by atoms with Gasteiger partial charge in [0.2, 0.25) is 0 Å². The van der Waals surface area contributed by atoms with Crippen LogP contribution in [0.25, 0.3) is 32.3 Å². The number of rotatable bonds is 3. The molecule has 5 rings (SSSR count). The summed E-state index contributed by atoms with van der Waals surface area (Å²) in [5.74, 6) is -0.0746. The zero-order valence-electron chi connectivity index (χ0n) is 14.8. The molecule has 0 aromatic heterocycles. The van der Waals surface area contributed by atoms with Crippen LogP contribution in [0, 0.1) is 0 Å². The van der Waals surface area contributed by atoms with Crippen LogP contribution >= 0.6 is 11.8 Å². The number of hydrogen-bond donors (Lipinski definition) is 1. The van der Waals surface area contributed by atoms with Crippen molar-refractivity contribution in [2.75, 3.05) is 11.6 Å². The van der Waals surface area contributed by atoms with Gasteiger partial charge in [-0.05, 0) is 56.8 Å². The van der Waals surface area contributed by atoms with Gasteiger partial charge in [-0.25, -0.2) is 0 Å². The van der Waals surface area contributed by atoms with E-state index in [4.69, 9.17) is 0 Å². The number of benzene rings is 5. The molecule has 1 N–H and O–H groups in total. The minimum Gasteiger partial charge on any atom is -0.321 e. The predicted molar refractivity (Wildman–Crippen MR) is 116 cm³/mol. The Hall–Kier alpha value is -3.04. The summed E-state index contributed by atoms with van der Waals surface area (Å²) >= 11 is 1.63. The quantitative estimate of drug-likeness (QED) is 0.289. The SMILES string of the molecule is CSc1ccccc1NC(=O)c1ccc2ccc3cccc4ccc1c2c34. The van der Waals surface area contributed by atoms with Gasteiger partial charge in [0.1, 0.15) is 0 Å². The van der Waals surface area contributed by atoms with Crippen LogP contribution in [0.1, 0.15) is 10.4 Å². The van der Waals surface area contributed by atoms with Gasteiger partial charge in [-0.2, -0.15) is 0 Å². The summed E-state index contributed by atoms with van der Waals surface area (Å²) in [7, 11) is 0. The average Bonchev–Trinajstić information content (AvgIpc) is 2.72. The fraction of sp³-hybridized carbons (Fsp3) is 0.0417. The second-order valence-electron chi connectivity index (χ2n) is 6.62. The molecule has 5 aromatic rings. The first-order valence-corrected chi connectivity index (χ1v) is 10.1. The van der Waals surface area contributed by atoms with Gasteiger partial charge in [-0.15, -0.1) is 11.8 Å². The average molecular weight is 367 g/mol. The predicted octanol–water partition coefficient (Wildman–Crippen LogP) is 6.56. The van der Waals surface area contributed by atoms with E-state index in [2.05, 4.69) is 47.8 Å². The second-order valence-corrected chi connectivity index (χ2v) is 7.47. The Kier molecular flexibility index (Phi) is 3.76. The Morgan fingerprint density at radius 1 is 0.741 bits per heavy atom. The van der Waals surface area contributed by atoms with Crippen molar-refractivity contribution in [2.45, 2.75) is 4.90 Å². The molecule has 0 aliphatic heterocycles.